The van der Waals surface area contributed by atoms with E-state index in [0.717, 1.165) is 66.2 Å². The molecule has 0 saturated heterocycles. The van der Waals surface area contributed by atoms with Crippen LogP contribution in [0.4, 0.5) is 13.2 Å². The molecule has 0 heterocycles. The van der Waals surface area contributed by atoms with Crippen molar-refractivity contribution >= 4 is 32.3 Å². The normalized spacial score (nSPS) is 11.9. The van der Waals surface area contributed by atoms with Crippen LogP contribution in [0, 0.1) is 0 Å². The van der Waals surface area contributed by atoms with Crippen LogP contribution in [-0.2, 0) is 6.18 Å². The molecule has 0 atom stereocenters. The number of halogens is 3. The summed E-state index contributed by atoms with van der Waals surface area (Å²) in [7, 11) is 0. The number of alkyl halides is 3. The van der Waals surface area contributed by atoms with Gasteiger partial charge in [-0.05, 0) is 102 Å². The van der Waals surface area contributed by atoms with Crippen LogP contribution in [0.2, 0.25) is 0 Å². The monoisotopic (exact) mass is 524 g/mol. The molecule has 7 aromatic carbocycles. The van der Waals surface area contributed by atoms with Gasteiger partial charge in [0.25, 0.3) is 0 Å². The van der Waals surface area contributed by atoms with E-state index < -0.39 is 11.7 Å². The van der Waals surface area contributed by atoms with Gasteiger partial charge in [-0.3, -0.25) is 0 Å². The zero-order chi connectivity index (χ0) is 27.3. The lowest BCUT2D eigenvalue weighted by atomic mass is 9.85. The smallest absolute Gasteiger partial charge is 0.166 e. The summed E-state index contributed by atoms with van der Waals surface area (Å²) in [5, 5.41) is 6.36. The molecule has 0 aliphatic rings. The molecule has 0 nitrogen and oxygen atoms in total. The summed E-state index contributed by atoms with van der Waals surface area (Å²) in [6, 6.07) is 44.9. The quantitative estimate of drug-likeness (QED) is 0.202. The summed E-state index contributed by atoms with van der Waals surface area (Å²) in [4.78, 5) is 0. The van der Waals surface area contributed by atoms with E-state index in [-0.39, 0.29) is 0 Å². The summed E-state index contributed by atoms with van der Waals surface area (Å²) in [5.74, 6) is 0. The maximum Gasteiger partial charge on any atom is 0.416 e. The van der Waals surface area contributed by atoms with Gasteiger partial charge in [-0.15, -0.1) is 0 Å². The number of benzene rings is 7. The first-order valence-electron chi connectivity index (χ1n) is 13.2. The van der Waals surface area contributed by atoms with Crippen molar-refractivity contribution in [1.82, 2.24) is 0 Å². The van der Waals surface area contributed by atoms with Crippen LogP contribution in [0.3, 0.4) is 0 Å². The van der Waals surface area contributed by atoms with Gasteiger partial charge >= 0.3 is 6.18 Å². The van der Waals surface area contributed by atoms with E-state index in [1.165, 1.54) is 12.1 Å². The topological polar surface area (TPSA) is 0 Å². The molecular formula is C37H23F3. The third-order valence-corrected chi connectivity index (χ3v) is 7.63. The molecule has 0 aromatic heterocycles. The van der Waals surface area contributed by atoms with Gasteiger partial charge in [-0.1, -0.05) is 103 Å². The molecule has 7 rings (SSSR count). The largest absolute Gasteiger partial charge is 0.416 e. The molecule has 0 radical (unpaired) electrons. The van der Waals surface area contributed by atoms with Crippen LogP contribution in [0.1, 0.15) is 5.56 Å². The zero-order valence-electron chi connectivity index (χ0n) is 21.4. The minimum atomic E-state index is -4.42. The third-order valence-electron chi connectivity index (χ3n) is 7.63. The van der Waals surface area contributed by atoms with E-state index in [1.54, 1.807) is 6.07 Å². The maximum absolute atomic E-state index is 13.8. The number of hydrogen-bond donors (Lipinski definition) is 0. The van der Waals surface area contributed by atoms with Gasteiger partial charge in [0.1, 0.15) is 0 Å². The van der Waals surface area contributed by atoms with Gasteiger partial charge in [0.2, 0.25) is 0 Å². The van der Waals surface area contributed by atoms with E-state index in [9.17, 15) is 13.2 Å². The highest BCUT2D eigenvalue weighted by Gasteiger charge is 2.30. The number of fused-ring (bicyclic) bond motifs is 3. The van der Waals surface area contributed by atoms with Crippen molar-refractivity contribution in [3.63, 3.8) is 0 Å². The maximum atomic E-state index is 13.8. The molecule has 0 aliphatic heterocycles. The summed E-state index contributed by atoms with van der Waals surface area (Å²) in [6.07, 6.45) is -4.42. The van der Waals surface area contributed by atoms with Gasteiger partial charge in [0, 0.05) is 0 Å². The first-order valence-corrected chi connectivity index (χ1v) is 13.2. The van der Waals surface area contributed by atoms with Crippen LogP contribution in [0.25, 0.3) is 65.7 Å². The van der Waals surface area contributed by atoms with Crippen molar-refractivity contribution in [1.29, 1.82) is 0 Å². The van der Waals surface area contributed by atoms with E-state index >= 15 is 0 Å². The predicted octanol–water partition coefficient (Wildman–Crippen LogP) is 11.2. The summed E-state index contributed by atoms with van der Waals surface area (Å²) in [6.45, 7) is 0. The molecule has 3 heteroatoms. The Balaban J connectivity index is 1.62. The Morgan fingerprint density at radius 1 is 0.375 bits per heavy atom. The van der Waals surface area contributed by atoms with Crippen molar-refractivity contribution in [2.75, 3.05) is 0 Å². The minimum absolute atomic E-state index is 0.539. The molecule has 0 unspecified atom stereocenters. The lowest BCUT2D eigenvalue weighted by molar-refractivity contribution is -0.137. The highest BCUT2D eigenvalue weighted by molar-refractivity contribution is 6.17. The van der Waals surface area contributed by atoms with Gasteiger partial charge in [-0.2, -0.15) is 13.2 Å². The summed E-state index contributed by atoms with van der Waals surface area (Å²) >= 11 is 0. The average molecular weight is 525 g/mol. The van der Waals surface area contributed by atoms with Crippen LogP contribution in [-0.4, -0.2) is 0 Å². The van der Waals surface area contributed by atoms with Crippen LogP contribution in [0.15, 0.2) is 140 Å². The molecule has 192 valence electrons. The fourth-order valence-electron chi connectivity index (χ4n) is 5.72. The molecule has 0 bridgehead atoms. The second kappa shape index (κ2) is 9.39. The molecule has 40 heavy (non-hydrogen) atoms. The first-order chi connectivity index (χ1) is 19.5. The number of rotatable bonds is 3. The van der Waals surface area contributed by atoms with E-state index in [2.05, 4.69) is 54.6 Å². The molecule has 0 spiro atoms. The summed E-state index contributed by atoms with van der Waals surface area (Å²) in [5.41, 5.74) is 4.77. The van der Waals surface area contributed by atoms with E-state index in [1.807, 2.05) is 60.7 Å². The van der Waals surface area contributed by atoms with Gasteiger partial charge in [-0.25, -0.2) is 0 Å². The first kappa shape index (κ1) is 24.2. The van der Waals surface area contributed by atoms with Crippen molar-refractivity contribution < 1.29 is 13.2 Å². The lowest BCUT2D eigenvalue weighted by Crippen LogP contribution is -2.04. The predicted molar refractivity (Wildman–Crippen MR) is 160 cm³/mol. The zero-order valence-corrected chi connectivity index (χ0v) is 21.4. The Labute approximate surface area is 230 Å². The Morgan fingerprint density at radius 2 is 1.07 bits per heavy atom. The van der Waals surface area contributed by atoms with Crippen LogP contribution >= 0.6 is 0 Å². The molecule has 0 fully saturated rings. The fourth-order valence-corrected chi connectivity index (χ4v) is 5.72. The lowest BCUT2D eigenvalue weighted by Gasteiger charge is -2.18. The molecule has 0 N–H and O–H groups in total. The molecular weight excluding hydrogens is 501 g/mol. The molecule has 7 aromatic rings. The van der Waals surface area contributed by atoms with Gasteiger partial charge in [0.15, 0.2) is 0 Å². The van der Waals surface area contributed by atoms with Crippen LogP contribution < -0.4 is 0 Å². The van der Waals surface area contributed by atoms with Crippen molar-refractivity contribution in [3.8, 4) is 33.4 Å². The molecule has 0 saturated carbocycles. The highest BCUT2D eigenvalue weighted by Crippen LogP contribution is 2.44. The summed E-state index contributed by atoms with van der Waals surface area (Å²) < 4.78 is 41.3. The average Bonchev–Trinajstić information content (AvgIpc) is 2.99. The highest BCUT2D eigenvalue weighted by atomic mass is 19.4. The Kier molecular flexibility index (Phi) is 5.67. The van der Waals surface area contributed by atoms with Crippen LogP contribution in [0.5, 0.6) is 0 Å². The van der Waals surface area contributed by atoms with E-state index in [0.29, 0.717) is 5.56 Å². The van der Waals surface area contributed by atoms with Crippen molar-refractivity contribution in [2.24, 2.45) is 0 Å². The molecule has 0 amide bonds. The SMILES string of the molecule is FC(F)(F)c1cccc(-c2cc(-c3ccccc3)cc3c(-c4ccc5ccccc5c4)c4ccccc4cc23)c1. The second-order valence-electron chi connectivity index (χ2n) is 10.1. The van der Waals surface area contributed by atoms with Crippen molar-refractivity contribution in [2.45, 2.75) is 6.18 Å². The molecule has 0 aliphatic carbocycles. The fraction of sp³-hybridized carbons (Fsp3) is 0.0270. The third kappa shape index (κ3) is 4.20. The standard InChI is InChI=1S/C37H23F3/c38-37(39,40)31-15-8-14-27(20-31)33-22-30(24-9-2-1-3-10-24)23-35-34(33)21-28-13-6-7-16-32(28)36(35)29-18-17-25-11-4-5-12-26(25)19-29/h1-23H. The van der Waals surface area contributed by atoms with E-state index in [4.69, 9.17) is 0 Å². The van der Waals surface area contributed by atoms with Crippen molar-refractivity contribution in [3.05, 3.63) is 145 Å². The Hall–Kier alpha value is -4.89. The van der Waals surface area contributed by atoms with Gasteiger partial charge in [0.05, 0.1) is 5.56 Å². The van der Waals surface area contributed by atoms with Gasteiger partial charge < -0.3 is 0 Å². The minimum Gasteiger partial charge on any atom is -0.166 e. The second-order valence-corrected chi connectivity index (χ2v) is 10.1. The number of hydrogen-bond acceptors (Lipinski definition) is 0. The Morgan fingerprint density at radius 3 is 1.88 bits per heavy atom. The Bertz CT molecular complexity index is 2040.